The highest BCUT2D eigenvalue weighted by molar-refractivity contribution is 5.92. The Morgan fingerprint density at radius 2 is 1.84 bits per heavy atom. The van der Waals surface area contributed by atoms with E-state index >= 15 is 0 Å². The number of hydrogen-bond acceptors (Lipinski definition) is 6. The molecule has 12 atom stereocenters. The molecule has 0 aromatic heterocycles. The number of ketones is 2. The summed E-state index contributed by atoms with van der Waals surface area (Å²) < 4.78 is 11.7. The second kappa shape index (κ2) is 9.62. The molecule has 6 heteroatoms. The lowest BCUT2D eigenvalue weighted by molar-refractivity contribution is -0.144. The lowest BCUT2D eigenvalue weighted by atomic mass is 9.51. The predicted molar refractivity (Wildman–Crippen MR) is 165 cm³/mol. The van der Waals surface area contributed by atoms with Crippen LogP contribution in [0.1, 0.15) is 111 Å². The summed E-state index contributed by atoms with van der Waals surface area (Å²) in [5, 5.41) is 11.9. The number of ether oxygens (including phenoxy) is 2. The second-order valence-electron chi connectivity index (χ2n) is 17.0. The fraction of sp³-hybridized carbons (Fsp3) is 0.789. The standard InChI is InChI=1S/C38H51O6/c1-22-5-7-28-27-8-6-25(39)16-23(27)18-36(29(28)15-22)20-31(36)30-17-26(40)10-12-34(30,2)38-19-24-9-13-37(42,14-11-33(41)43-4)35(24,3)21-32(38)44-38/h16-17,19,22,24,27-29,31-32,42H,5-15,18,20-21H2,1-4H3/t22-,24+,27?,28?,29?,31+,32?,34+,35+,36+,37-,38+/m1/s1. The summed E-state index contributed by atoms with van der Waals surface area (Å²) in [6, 6.07) is 0. The Hall–Kier alpha value is -1.79. The normalized spacial score (nSPS) is 52.2. The minimum absolute atomic E-state index is 0.0136. The van der Waals surface area contributed by atoms with Crippen LogP contribution in [0.25, 0.3) is 0 Å². The van der Waals surface area contributed by atoms with Gasteiger partial charge in [0.15, 0.2) is 11.6 Å². The highest BCUT2D eigenvalue weighted by atomic mass is 16.6. The van der Waals surface area contributed by atoms with Crippen LogP contribution in [0.5, 0.6) is 0 Å². The molecule has 1 heterocycles. The van der Waals surface area contributed by atoms with E-state index in [-0.39, 0.29) is 46.4 Å². The van der Waals surface area contributed by atoms with Crippen LogP contribution in [0.15, 0.2) is 23.3 Å². The first-order valence-electron chi connectivity index (χ1n) is 17.7. The van der Waals surface area contributed by atoms with Gasteiger partial charge in [0.1, 0.15) is 5.60 Å². The number of hydrogen-bond donors (Lipinski definition) is 1. The summed E-state index contributed by atoms with van der Waals surface area (Å²) in [6.45, 7) is 7.00. The summed E-state index contributed by atoms with van der Waals surface area (Å²) in [5.41, 5.74) is 0.985. The first-order valence-corrected chi connectivity index (χ1v) is 17.7. The molecule has 1 aliphatic heterocycles. The number of rotatable bonds is 5. The van der Waals surface area contributed by atoms with Crippen molar-refractivity contribution in [2.24, 2.45) is 51.8 Å². The van der Waals surface area contributed by atoms with Crippen molar-refractivity contribution in [3.63, 3.8) is 0 Å². The number of esters is 1. The molecule has 0 bridgehead atoms. The molecule has 239 valence electrons. The van der Waals surface area contributed by atoms with Gasteiger partial charge >= 0.3 is 5.97 Å². The third kappa shape index (κ3) is 3.94. The molecule has 5 saturated carbocycles. The summed E-state index contributed by atoms with van der Waals surface area (Å²) in [7, 11) is 1.41. The lowest BCUT2D eigenvalue weighted by Gasteiger charge is -2.52. The fourth-order valence-corrected chi connectivity index (χ4v) is 12.4. The van der Waals surface area contributed by atoms with Gasteiger partial charge in [-0.2, -0.15) is 0 Å². The number of epoxide rings is 1. The van der Waals surface area contributed by atoms with E-state index in [0.29, 0.717) is 55.1 Å². The minimum atomic E-state index is -0.917. The van der Waals surface area contributed by atoms with E-state index in [1.807, 2.05) is 12.2 Å². The molecule has 1 radical (unpaired) electrons. The molecule has 8 aliphatic rings. The zero-order valence-corrected chi connectivity index (χ0v) is 27.2. The van der Waals surface area contributed by atoms with Gasteiger partial charge in [0.05, 0.1) is 18.8 Å². The number of allylic oxidation sites excluding steroid dienone is 3. The third-order valence-corrected chi connectivity index (χ3v) is 15.2. The molecule has 0 aromatic rings. The van der Waals surface area contributed by atoms with Crippen molar-refractivity contribution in [1.29, 1.82) is 0 Å². The van der Waals surface area contributed by atoms with Gasteiger partial charge in [0, 0.05) is 36.5 Å². The SMILES string of the molecule is COC(=O)CC[C@]1(O)CC[C@H]2[CH][C@]3([C@@]4(C)CCC(=O)C=C4[C@@H]4C[C@]45CC4=CC(=O)CCC4C4CC[C@@H](C)CC45)OC3C[C@@]21C. The van der Waals surface area contributed by atoms with Crippen molar-refractivity contribution in [2.45, 2.75) is 128 Å². The van der Waals surface area contributed by atoms with Crippen molar-refractivity contribution in [3.05, 3.63) is 29.7 Å². The van der Waals surface area contributed by atoms with Crippen LogP contribution in [-0.2, 0) is 23.9 Å². The molecule has 7 aliphatic carbocycles. The molecule has 1 saturated heterocycles. The van der Waals surface area contributed by atoms with E-state index in [1.165, 1.54) is 37.5 Å². The average molecular weight is 604 g/mol. The predicted octanol–water partition coefficient (Wildman–Crippen LogP) is 6.50. The van der Waals surface area contributed by atoms with Crippen molar-refractivity contribution in [3.8, 4) is 0 Å². The molecular formula is C38H51O6. The van der Waals surface area contributed by atoms with E-state index < -0.39 is 11.2 Å². The van der Waals surface area contributed by atoms with Crippen LogP contribution in [0.4, 0.5) is 0 Å². The Morgan fingerprint density at radius 1 is 1.05 bits per heavy atom. The maximum absolute atomic E-state index is 13.2. The van der Waals surface area contributed by atoms with Crippen molar-refractivity contribution in [2.75, 3.05) is 7.11 Å². The van der Waals surface area contributed by atoms with Crippen molar-refractivity contribution in [1.82, 2.24) is 0 Å². The molecular weight excluding hydrogens is 552 g/mol. The Morgan fingerprint density at radius 3 is 2.64 bits per heavy atom. The Kier molecular flexibility index (Phi) is 6.47. The maximum atomic E-state index is 13.2. The molecule has 0 amide bonds. The summed E-state index contributed by atoms with van der Waals surface area (Å²) in [6.07, 6.45) is 18.6. The maximum Gasteiger partial charge on any atom is 0.305 e. The molecule has 44 heavy (non-hydrogen) atoms. The van der Waals surface area contributed by atoms with Crippen LogP contribution < -0.4 is 0 Å². The van der Waals surface area contributed by atoms with E-state index in [1.54, 1.807) is 0 Å². The van der Waals surface area contributed by atoms with Gasteiger partial charge in [-0.1, -0.05) is 38.3 Å². The molecule has 1 spiro atoms. The highest BCUT2D eigenvalue weighted by Crippen LogP contribution is 2.78. The lowest BCUT2D eigenvalue weighted by Crippen LogP contribution is -2.54. The summed E-state index contributed by atoms with van der Waals surface area (Å²) in [5.74, 6) is 3.50. The third-order valence-electron chi connectivity index (χ3n) is 15.2. The van der Waals surface area contributed by atoms with Crippen LogP contribution in [-0.4, -0.2) is 47.1 Å². The first-order chi connectivity index (χ1) is 20.9. The van der Waals surface area contributed by atoms with Crippen LogP contribution in [0.3, 0.4) is 0 Å². The number of aliphatic hydroxyl groups is 1. The van der Waals surface area contributed by atoms with E-state index in [4.69, 9.17) is 9.47 Å². The monoisotopic (exact) mass is 603 g/mol. The van der Waals surface area contributed by atoms with Gasteiger partial charge in [0.25, 0.3) is 0 Å². The molecule has 6 nitrogen and oxygen atoms in total. The number of carbonyl (C=O) groups is 3. The van der Waals surface area contributed by atoms with Gasteiger partial charge in [-0.15, -0.1) is 0 Å². The van der Waals surface area contributed by atoms with Crippen molar-refractivity contribution >= 4 is 17.5 Å². The Bertz CT molecular complexity index is 1360. The van der Waals surface area contributed by atoms with Gasteiger partial charge in [-0.25, -0.2) is 0 Å². The minimum Gasteiger partial charge on any atom is -0.469 e. The van der Waals surface area contributed by atoms with E-state index in [9.17, 15) is 19.5 Å². The zero-order chi connectivity index (χ0) is 30.9. The smallest absolute Gasteiger partial charge is 0.305 e. The number of fused-ring (bicyclic) bond motifs is 6. The van der Waals surface area contributed by atoms with E-state index in [0.717, 1.165) is 44.4 Å². The van der Waals surface area contributed by atoms with Gasteiger partial charge < -0.3 is 14.6 Å². The molecule has 1 N–H and O–H groups in total. The average Bonchev–Trinajstić information content (AvgIpc) is 3.88. The molecule has 8 rings (SSSR count). The largest absolute Gasteiger partial charge is 0.469 e. The van der Waals surface area contributed by atoms with Crippen LogP contribution >= 0.6 is 0 Å². The van der Waals surface area contributed by atoms with E-state index in [2.05, 4.69) is 27.2 Å². The number of carbonyl (C=O) groups excluding carboxylic acids is 3. The van der Waals surface area contributed by atoms with Gasteiger partial charge in [-0.05, 0) is 117 Å². The highest BCUT2D eigenvalue weighted by Gasteiger charge is 2.78. The quantitative estimate of drug-likeness (QED) is 0.285. The molecule has 6 fully saturated rings. The molecule has 4 unspecified atom stereocenters. The Balaban J connectivity index is 1.10. The zero-order valence-electron chi connectivity index (χ0n) is 27.2. The fourth-order valence-electron chi connectivity index (χ4n) is 12.4. The van der Waals surface area contributed by atoms with Crippen LogP contribution in [0, 0.1) is 58.2 Å². The summed E-state index contributed by atoms with van der Waals surface area (Å²) in [4.78, 5) is 37.8. The van der Waals surface area contributed by atoms with Crippen LogP contribution in [0.2, 0.25) is 0 Å². The summed E-state index contributed by atoms with van der Waals surface area (Å²) >= 11 is 0. The van der Waals surface area contributed by atoms with Crippen molar-refractivity contribution < 1.29 is 29.0 Å². The first kappa shape index (κ1) is 29.6. The Labute approximate surface area is 262 Å². The molecule has 0 aromatic carbocycles. The number of methoxy groups -OCH3 is 1. The second-order valence-corrected chi connectivity index (χ2v) is 17.0. The van der Waals surface area contributed by atoms with Gasteiger partial charge in [0.2, 0.25) is 0 Å². The topological polar surface area (TPSA) is 93.2 Å². The van der Waals surface area contributed by atoms with Gasteiger partial charge in [-0.3, -0.25) is 14.4 Å².